The van der Waals surface area contributed by atoms with E-state index in [1.165, 1.54) is 12.2 Å². The lowest BCUT2D eigenvalue weighted by atomic mass is 10.2. The fraction of sp³-hybridized carbons (Fsp3) is 0.417. The third-order valence-corrected chi connectivity index (χ3v) is 3.99. The molecule has 2 nitrogen and oxygen atoms in total. The Morgan fingerprint density at radius 2 is 2.19 bits per heavy atom. The van der Waals surface area contributed by atoms with Crippen molar-refractivity contribution in [1.29, 1.82) is 5.26 Å². The van der Waals surface area contributed by atoms with Gasteiger partial charge in [-0.05, 0) is 30.4 Å². The molecule has 0 atom stereocenters. The maximum Gasteiger partial charge on any atom is 0.0992 e. The van der Waals surface area contributed by atoms with Crippen molar-refractivity contribution in [2.75, 3.05) is 29.5 Å². The van der Waals surface area contributed by atoms with E-state index >= 15 is 0 Å². The first-order chi connectivity index (χ1) is 7.81. The Balaban J connectivity index is 2.22. The third kappa shape index (κ3) is 2.63. The molecule has 1 fully saturated rings. The van der Waals surface area contributed by atoms with Crippen molar-refractivity contribution < 1.29 is 0 Å². The molecular weight excluding hydrogens is 240 g/mol. The summed E-state index contributed by atoms with van der Waals surface area (Å²) in [4.78, 5) is 2.31. The molecule has 1 aliphatic heterocycles. The molecular formula is C12H13ClN2S. The number of thioether (sulfide) groups is 1. The van der Waals surface area contributed by atoms with Gasteiger partial charge in [-0.25, -0.2) is 0 Å². The van der Waals surface area contributed by atoms with Crippen molar-refractivity contribution in [3.05, 3.63) is 28.8 Å². The van der Waals surface area contributed by atoms with Crippen LogP contribution in [0.2, 0.25) is 5.02 Å². The normalized spacial score (nSPS) is 16.6. The van der Waals surface area contributed by atoms with Crippen molar-refractivity contribution >= 4 is 29.1 Å². The van der Waals surface area contributed by atoms with Crippen LogP contribution in [-0.2, 0) is 0 Å². The molecule has 1 saturated heterocycles. The van der Waals surface area contributed by atoms with Crippen LogP contribution in [0.3, 0.4) is 0 Å². The highest BCUT2D eigenvalue weighted by molar-refractivity contribution is 7.99. The zero-order valence-electron chi connectivity index (χ0n) is 8.95. The highest BCUT2D eigenvalue weighted by atomic mass is 35.5. The molecule has 1 aromatic carbocycles. The summed E-state index contributed by atoms with van der Waals surface area (Å²) in [6.45, 7) is 2.09. The molecule has 84 valence electrons. The maximum atomic E-state index is 8.78. The summed E-state index contributed by atoms with van der Waals surface area (Å²) in [7, 11) is 0. The van der Waals surface area contributed by atoms with E-state index in [2.05, 4.69) is 11.0 Å². The van der Waals surface area contributed by atoms with Crippen LogP contribution >= 0.6 is 23.4 Å². The minimum atomic E-state index is 0.623. The molecule has 0 amide bonds. The topological polar surface area (TPSA) is 27.0 Å². The number of hydrogen-bond donors (Lipinski definition) is 0. The summed E-state index contributed by atoms with van der Waals surface area (Å²) < 4.78 is 0. The highest BCUT2D eigenvalue weighted by Gasteiger charge is 2.13. The second-order valence-electron chi connectivity index (χ2n) is 3.73. The first-order valence-electron chi connectivity index (χ1n) is 5.33. The largest absolute Gasteiger partial charge is 0.369 e. The van der Waals surface area contributed by atoms with Gasteiger partial charge in [-0.2, -0.15) is 17.0 Å². The van der Waals surface area contributed by atoms with Gasteiger partial charge in [0.25, 0.3) is 0 Å². The first-order valence-corrected chi connectivity index (χ1v) is 6.87. The Morgan fingerprint density at radius 3 is 2.94 bits per heavy atom. The fourth-order valence-corrected chi connectivity index (χ4v) is 3.01. The van der Waals surface area contributed by atoms with Crippen LogP contribution in [0.1, 0.15) is 12.0 Å². The van der Waals surface area contributed by atoms with Crippen LogP contribution in [0.15, 0.2) is 18.2 Å². The molecule has 4 heteroatoms. The van der Waals surface area contributed by atoms with Crippen LogP contribution in [-0.4, -0.2) is 24.6 Å². The average molecular weight is 253 g/mol. The van der Waals surface area contributed by atoms with E-state index in [-0.39, 0.29) is 0 Å². The van der Waals surface area contributed by atoms with Crippen LogP contribution in [0.4, 0.5) is 5.69 Å². The maximum absolute atomic E-state index is 8.78. The Kier molecular flexibility index (Phi) is 3.98. The zero-order valence-corrected chi connectivity index (χ0v) is 10.5. The van der Waals surface area contributed by atoms with Gasteiger partial charge in [0.2, 0.25) is 0 Å². The minimum absolute atomic E-state index is 0.623. The van der Waals surface area contributed by atoms with Gasteiger partial charge in [-0.3, -0.25) is 0 Å². The van der Waals surface area contributed by atoms with Gasteiger partial charge in [0, 0.05) is 18.8 Å². The predicted molar refractivity (Wildman–Crippen MR) is 70.3 cm³/mol. The standard InChI is InChI=1S/C12H13ClN2S/c13-11-8-10(9-14)2-3-12(11)15-4-1-6-16-7-5-15/h2-3,8H,1,4-7H2. The quantitative estimate of drug-likeness (QED) is 0.768. The van der Waals surface area contributed by atoms with Crippen molar-refractivity contribution in [3.63, 3.8) is 0 Å². The van der Waals surface area contributed by atoms with E-state index in [9.17, 15) is 0 Å². The van der Waals surface area contributed by atoms with Crippen LogP contribution in [0.25, 0.3) is 0 Å². The van der Waals surface area contributed by atoms with Gasteiger partial charge >= 0.3 is 0 Å². The fourth-order valence-electron chi connectivity index (χ4n) is 1.82. The van der Waals surface area contributed by atoms with Crippen molar-refractivity contribution in [2.24, 2.45) is 0 Å². The number of rotatable bonds is 1. The minimum Gasteiger partial charge on any atom is -0.369 e. The van der Waals surface area contributed by atoms with Gasteiger partial charge in [0.05, 0.1) is 22.3 Å². The predicted octanol–water partition coefficient (Wildman–Crippen LogP) is 3.15. The zero-order chi connectivity index (χ0) is 11.4. The molecule has 0 aliphatic carbocycles. The SMILES string of the molecule is N#Cc1ccc(N2CCCSCC2)c(Cl)c1. The Hall–Kier alpha value is -0.850. The lowest BCUT2D eigenvalue weighted by Crippen LogP contribution is -2.25. The smallest absolute Gasteiger partial charge is 0.0992 e. The van der Waals surface area contributed by atoms with Crippen LogP contribution in [0, 0.1) is 11.3 Å². The van der Waals surface area contributed by atoms with E-state index < -0.39 is 0 Å². The van der Waals surface area contributed by atoms with E-state index in [1.54, 1.807) is 6.07 Å². The summed E-state index contributed by atoms with van der Waals surface area (Å²) in [6.07, 6.45) is 1.20. The lowest BCUT2D eigenvalue weighted by molar-refractivity contribution is 0.816. The molecule has 0 N–H and O–H groups in total. The Morgan fingerprint density at radius 1 is 1.31 bits per heavy atom. The van der Waals surface area contributed by atoms with Gasteiger partial charge in [-0.1, -0.05) is 11.6 Å². The van der Waals surface area contributed by atoms with Crippen molar-refractivity contribution in [1.82, 2.24) is 0 Å². The number of anilines is 1. The molecule has 16 heavy (non-hydrogen) atoms. The van der Waals surface area contributed by atoms with Crippen LogP contribution in [0.5, 0.6) is 0 Å². The number of hydrogen-bond acceptors (Lipinski definition) is 3. The highest BCUT2D eigenvalue weighted by Crippen LogP contribution is 2.28. The van der Waals surface area contributed by atoms with E-state index in [4.69, 9.17) is 16.9 Å². The summed E-state index contributed by atoms with van der Waals surface area (Å²) in [5, 5.41) is 9.47. The van der Waals surface area contributed by atoms with E-state index in [1.807, 2.05) is 23.9 Å². The number of benzene rings is 1. The third-order valence-electron chi connectivity index (χ3n) is 2.64. The van der Waals surface area contributed by atoms with Crippen molar-refractivity contribution in [3.8, 4) is 6.07 Å². The Bertz CT molecular complexity index is 406. The van der Waals surface area contributed by atoms with Gasteiger partial charge in [-0.15, -0.1) is 0 Å². The monoisotopic (exact) mass is 252 g/mol. The van der Waals surface area contributed by atoms with Crippen molar-refractivity contribution in [2.45, 2.75) is 6.42 Å². The summed E-state index contributed by atoms with van der Waals surface area (Å²) >= 11 is 8.19. The summed E-state index contributed by atoms with van der Waals surface area (Å²) in [5.74, 6) is 2.38. The van der Waals surface area contributed by atoms with Gasteiger partial charge in [0.1, 0.15) is 0 Å². The molecule has 2 rings (SSSR count). The molecule has 0 aromatic heterocycles. The molecule has 0 spiro atoms. The first kappa shape index (κ1) is 11.6. The van der Waals surface area contributed by atoms with Crippen LogP contribution < -0.4 is 4.90 Å². The molecule has 0 saturated carbocycles. The second-order valence-corrected chi connectivity index (χ2v) is 5.36. The molecule has 0 bridgehead atoms. The molecule has 0 radical (unpaired) electrons. The number of nitriles is 1. The number of halogens is 1. The molecule has 0 unspecified atom stereocenters. The number of nitrogens with zero attached hydrogens (tertiary/aromatic N) is 2. The molecule has 1 aliphatic rings. The summed E-state index contributed by atoms with van der Waals surface area (Å²) in [6, 6.07) is 7.64. The molecule has 1 aromatic rings. The van der Waals surface area contributed by atoms with Gasteiger partial charge in [0.15, 0.2) is 0 Å². The van der Waals surface area contributed by atoms with E-state index in [0.717, 1.165) is 24.5 Å². The lowest BCUT2D eigenvalue weighted by Gasteiger charge is -2.23. The second kappa shape index (κ2) is 5.47. The Labute approximate surface area is 105 Å². The van der Waals surface area contributed by atoms with Gasteiger partial charge < -0.3 is 4.90 Å². The average Bonchev–Trinajstić information content (AvgIpc) is 2.57. The summed E-state index contributed by atoms with van der Waals surface area (Å²) in [5.41, 5.74) is 1.68. The molecule has 1 heterocycles. The van der Waals surface area contributed by atoms with E-state index in [0.29, 0.717) is 10.6 Å².